The SMILES string of the molecule is CNCC(C)(F)CC(F)(F)F. The highest BCUT2D eigenvalue weighted by molar-refractivity contribution is 4.78. The second-order valence-corrected chi connectivity index (χ2v) is 2.74. The van der Waals surface area contributed by atoms with E-state index in [0.717, 1.165) is 6.92 Å². The summed E-state index contributed by atoms with van der Waals surface area (Å²) in [6, 6.07) is 0. The van der Waals surface area contributed by atoms with Gasteiger partial charge >= 0.3 is 6.18 Å². The molecule has 0 saturated heterocycles. The monoisotopic (exact) mass is 173 g/mol. The minimum absolute atomic E-state index is 0.285. The number of nitrogens with one attached hydrogen (secondary N) is 1. The van der Waals surface area contributed by atoms with E-state index in [1.165, 1.54) is 7.05 Å². The number of rotatable bonds is 3. The van der Waals surface area contributed by atoms with Crippen molar-refractivity contribution >= 4 is 0 Å². The Morgan fingerprint density at radius 1 is 1.18 bits per heavy atom. The molecule has 0 spiro atoms. The molecular weight excluding hydrogens is 162 g/mol. The van der Waals surface area contributed by atoms with Crippen LogP contribution in [0, 0.1) is 0 Å². The summed E-state index contributed by atoms with van der Waals surface area (Å²) in [6.45, 7) is 0.642. The van der Waals surface area contributed by atoms with Crippen LogP contribution in [0.3, 0.4) is 0 Å². The van der Waals surface area contributed by atoms with Crippen molar-refractivity contribution in [3.63, 3.8) is 0 Å². The minimum Gasteiger partial charge on any atom is -0.317 e. The Labute approximate surface area is 62.8 Å². The molecule has 0 aliphatic rings. The van der Waals surface area contributed by atoms with Crippen LogP contribution in [0.1, 0.15) is 13.3 Å². The zero-order valence-corrected chi connectivity index (χ0v) is 6.43. The standard InChI is InChI=1S/C6H11F4N/c1-5(7,4-11-2)3-6(8,9)10/h11H,3-4H2,1-2H3. The van der Waals surface area contributed by atoms with Crippen LogP contribution < -0.4 is 5.32 Å². The van der Waals surface area contributed by atoms with Gasteiger partial charge in [0.2, 0.25) is 0 Å². The average molecular weight is 173 g/mol. The summed E-state index contributed by atoms with van der Waals surface area (Å²) < 4.78 is 47.6. The summed E-state index contributed by atoms with van der Waals surface area (Å²) in [7, 11) is 1.41. The molecule has 0 amide bonds. The van der Waals surface area contributed by atoms with E-state index in [0.29, 0.717) is 0 Å². The van der Waals surface area contributed by atoms with Crippen LogP contribution in [0.5, 0.6) is 0 Å². The van der Waals surface area contributed by atoms with Crippen molar-refractivity contribution in [2.45, 2.75) is 25.2 Å². The normalized spacial score (nSPS) is 18.0. The third-order valence-corrected chi connectivity index (χ3v) is 1.11. The molecule has 0 rings (SSSR count). The molecule has 0 heterocycles. The van der Waals surface area contributed by atoms with Crippen molar-refractivity contribution in [3.05, 3.63) is 0 Å². The summed E-state index contributed by atoms with van der Waals surface area (Å²) in [5.74, 6) is 0. The van der Waals surface area contributed by atoms with Gasteiger partial charge in [0.25, 0.3) is 0 Å². The van der Waals surface area contributed by atoms with Crippen LogP contribution in [0.25, 0.3) is 0 Å². The van der Waals surface area contributed by atoms with Gasteiger partial charge in [-0.2, -0.15) is 13.2 Å². The summed E-state index contributed by atoms with van der Waals surface area (Å²) in [5.41, 5.74) is -2.20. The molecule has 1 unspecified atom stereocenters. The van der Waals surface area contributed by atoms with Crippen molar-refractivity contribution in [3.8, 4) is 0 Å². The predicted octanol–water partition coefficient (Wildman–Crippen LogP) is 1.89. The fourth-order valence-corrected chi connectivity index (χ4v) is 0.849. The molecule has 1 nitrogen and oxygen atoms in total. The van der Waals surface area contributed by atoms with Crippen LogP contribution in [-0.4, -0.2) is 25.4 Å². The van der Waals surface area contributed by atoms with E-state index in [9.17, 15) is 17.6 Å². The van der Waals surface area contributed by atoms with E-state index >= 15 is 0 Å². The zero-order chi connectivity index (χ0) is 9.12. The van der Waals surface area contributed by atoms with Crippen LogP contribution in [0.4, 0.5) is 17.6 Å². The first kappa shape index (κ1) is 10.7. The van der Waals surface area contributed by atoms with Crippen molar-refractivity contribution in [2.24, 2.45) is 0 Å². The highest BCUT2D eigenvalue weighted by atomic mass is 19.4. The quantitative estimate of drug-likeness (QED) is 0.642. The van der Waals surface area contributed by atoms with E-state index in [-0.39, 0.29) is 6.54 Å². The van der Waals surface area contributed by atoms with Crippen LogP contribution >= 0.6 is 0 Å². The molecule has 11 heavy (non-hydrogen) atoms. The van der Waals surface area contributed by atoms with Crippen molar-refractivity contribution < 1.29 is 17.6 Å². The van der Waals surface area contributed by atoms with Gasteiger partial charge < -0.3 is 5.32 Å². The molecule has 0 aliphatic carbocycles. The van der Waals surface area contributed by atoms with Gasteiger partial charge in [-0.1, -0.05) is 0 Å². The van der Waals surface area contributed by atoms with E-state index < -0.39 is 18.3 Å². The molecule has 0 fully saturated rings. The molecule has 0 aromatic rings. The van der Waals surface area contributed by atoms with E-state index in [4.69, 9.17) is 0 Å². The molecule has 5 heteroatoms. The molecule has 0 saturated carbocycles. The van der Waals surface area contributed by atoms with Gasteiger partial charge in [-0.25, -0.2) is 4.39 Å². The molecule has 0 aromatic heterocycles. The Hall–Kier alpha value is -0.320. The van der Waals surface area contributed by atoms with Crippen LogP contribution in [0.2, 0.25) is 0 Å². The van der Waals surface area contributed by atoms with Crippen molar-refractivity contribution in [1.29, 1.82) is 0 Å². The zero-order valence-electron chi connectivity index (χ0n) is 6.43. The second-order valence-electron chi connectivity index (χ2n) is 2.74. The number of halogens is 4. The Morgan fingerprint density at radius 3 is 1.91 bits per heavy atom. The third-order valence-electron chi connectivity index (χ3n) is 1.11. The van der Waals surface area contributed by atoms with Crippen molar-refractivity contribution in [2.75, 3.05) is 13.6 Å². The van der Waals surface area contributed by atoms with Crippen molar-refractivity contribution in [1.82, 2.24) is 5.32 Å². The molecule has 0 aliphatic heterocycles. The van der Waals surface area contributed by atoms with Gasteiger partial charge in [0.1, 0.15) is 5.67 Å². The largest absolute Gasteiger partial charge is 0.392 e. The highest BCUT2D eigenvalue weighted by Gasteiger charge is 2.39. The molecule has 0 radical (unpaired) electrons. The first-order chi connectivity index (χ1) is 4.77. The lowest BCUT2D eigenvalue weighted by atomic mass is 10.1. The maximum absolute atomic E-state index is 12.8. The minimum atomic E-state index is -4.43. The van der Waals surface area contributed by atoms with Gasteiger partial charge in [-0.05, 0) is 14.0 Å². The molecule has 0 bridgehead atoms. The van der Waals surface area contributed by atoms with E-state index in [1.807, 2.05) is 0 Å². The fourth-order valence-electron chi connectivity index (χ4n) is 0.849. The smallest absolute Gasteiger partial charge is 0.317 e. The highest BCUT2D eigenvalue weighted by Crippen LogP contribution is 2.29. The lowest BCUT2D eigenvalue weighted by Crippen LogP contribution is -2.36. The molecular formula is C6H11F4N. The first-order valence-corrected chi connectivity index (χ1v) is 3.17. The topological polar surface area (TPSA) is 12.0 Å². The summed E-state index contributed by atoms with van der Waals surface area (Å²) >= 11 is 0. The lowest BCUT2D eigenvalue weighted by molar-refractivity contribution is -0.158. The Bertz CT molecular complexity index is 118. The van der Waals surface area contributed by atoms with Crippen LogP contribution in [0.15, 0.2) is 0 Å². The fraction of sp³-hybridized carbons (Fsp3) is 1.00. The first-order valence-electron chi connectivity index (χ1n) is 3.17. The van der Waals surface area contributed by atoms with Crippen LogP contribution in [-0.2, 0) is 0 Å². The predicted molar refractivity (Wildman–Crippen MR) is 34.1 cm³/mol. The van der Waals surface area contributed by atoms with Gasteiger partial charge in [0.15, 0.2) is 0 Å². The van der Waals surface area contributed by atoms with Gasteiger partial charge in [0.05, 0.1) is 6.42 Å². The lowest BCUT2D eigenvalue weighted by Gasteiger charge is -2.20. The van der Waals surface area contributed by atoms with Gasteiger partial charge in [0, 0.05) is 6.54 Å². The molecule has 1 N–H and O–H groups in total. The maximum Gasteiger partial charge on any atom is 0.392 e. The third kappa shape index (κ3) is 6.09. The average Bonchev–Trinajstić information content (AvgIpc) is 1.55. The maximum atomic E-state index is 12.8. The molecule has 1 atom stereocenters. The number of hydrogen-bond donors (Lipinski definition) is 1. The Kier molecular flexibility index (Phi) is 3.29. The van der Waals surface area contributed by atoms with E-state index in [1.54, 1.807) is 0 Å². The molecule has 68 valence electrons. The Morgan fingerprint density at radius 2 is 1.64 bits per heavy atom. The second kappa shape index (κ2) is 3.38. The Balaban J connectivity index is 3.91. The van der Waals surface area contributed by atoms with Gasteiger partial charge in [-0.15, -0.1) is 0 Å². The summed E-state index contributed by atoms with van der Waals surface area (Å²) in [4.78, 5) is 0. The molecule has 0 aromatic carbocycles. The van der Waals surface area contributed by atoms with Gasteiger partial charge in [-0.3, -0.25) is 0 Å². The number of hydrogen-bond acceptors (Lipinski definition) is 1. The van der Waals surface area contributed by atoms with E-state index in [2.05, 4.69) is 5.32 Å². The number of alkyl halides is 4. The summed E-state index contributed by atoms with van der Waals surface area (Å²) in [5, 5.41) is 2.36. The summed E-state index contributed by atoms with van der Waals surface area (Å²) in [6.07, 6.45) is -5.83.